The Balaban J connectivity index is 0.000000845. The van der Waals surface area contributed by atoms with Crippen molar-refractivity contribution < 1.29 is 4.79 Å². The minimum absolute atomic E-state index is 0. The molecule has 0 aromatic carbocycles. The highest BCUT2D eigenvalue weighted by atomic mass is 16.1. The summed E-state index contributed by atoms with van der Waals surface area (Å²) in [7, 11) is 0. The van der Waals surface area contributed by atoms with E-state index < -0.39 is 0 Å². The minimum atomic E-state index is 0. The molecule has 0 radical (unpaired) electrons. The van der Waals surface area contributed by atoms with Crippen LogP contribution in [0.1, 0.15) is 52.9 Å². The first-order valence-electron chi connectivity index (χ1n) is 4.95. The lowest BCUT2D eigenvalue weighted by Gasteiger charge is -2.38. The number of hydrogen-bond acceptors (Lipinski definition) is 1. The van der Waals surface area contributed by atoms with Crippen molar-refractivity contribution >= 4 is 5.78 Å². The van der Waals surface area contributed by atoms with Crippen LogP contribution in [0.3, 0.4) is 0 Å². The van der Waals surface area contributed by atoms with E-state index in [4.69, 9.17) is 0 Å². The summed E-state index contributed by atoms with van der Waals surface area (Å²) in [4.78, 5) is 11.2. The molecule has 13 heavy (non-hydrogen) atoms. The summed E-state index contributed by atoms with van der Waals surface area (Å²) in [6, 6.07) is 0. The third-order valence-electron chi connectivity index (χ3n) is 3.46. The predicted molar refractivity (Wildman–Crippen MR) is 55.6 cm³/mol. The first kappa shape index (κ1) is 10.5. The zero-order valence-corrected chi connectivity index (χ0v) is 7.73. The van der Waals surface area contributed by atoms with Gasteiger partial charge in [0.2, 0.25) is 0 Å². The van der Waals surface area contributed by atoms with E-state index in [2.05, 4.69) is 6.92 Å². The minimum Gasteiger partial charge on any atom is -0.295 e. The number of fused-ring (bicyclic) bond motifs is 1. The van der Waals surface area contributed by atoms with Gasteiger partial charge in [-0.2, -0.15) is 0 Å². The Morgan fingerprint density at radius 1 is 1.23 bits per heavy atom. The normalized spacial score (nSPS) is 33.0. The highest BCUT2D eigenvalue weighted by molar-refractivity contribution is 5.91. The van der Waals surface area contributed by atoms with Crippen LogP contribution in [0.25, 0.3) is 0 Å². The fourth-order valence-electron chi connectivity index (χ4n) is 2.49. The third kappa shape index (κ3) is 1.84. The standard InChI is InChI=1S/C11H16O.CH4/c1-11-6-3-2-4-9(11)8-10(12)5-7-11;/h8H,2-7H2,1H3;1H4/t11-;/m0./s1. The molecule has 74 valence electrons. The molecule has 0 heterocycles. The van der Waals surface area contributed by atoms with Gasteiger partial charge < -0.3 is 0 Å². The molecule has 1 saturated carbocycles. The molecule has 1 atom stereocenters. The van der Waals surface area contributed by atoms with E-state index in [9.17, 15) is 4.79 Å². The summed E-state index contributed by atoms with van der Waals surface area (Å²) >= 11 is 0. The van der Waals surface area contributed by atoms with Gasteiger partial charge in [0.25, 0.3) is 0 Å². The molecule has 0 unspecified atom stereocenters. The van der Waals surface area contributed by atoms with Gasteiger partial charge in [-0.1, -0.05) is 26.3 Å². The van der Waals surface area contributed by atoms with E-state index in [0.717, 1.165) is 12.8 Å². The number of hydrogen-bond donors (Lipinski definition) is 0. The molecule has 2 aliphatic rings. The van der Waals surface area contributed by atoms with E-state index >= 15 is 0 Å². The molecule has 0 saturated heterocycles. The van der Waals surface area contributed by atoms with Gasteiger partial charge in [-0.3, -0.25) is 4.79 Å². The molecule has 0 aliphatic heterocycles. The second-order valence-corrected chi connectivity index (χ2v) is 4.40. The van der Waals surface area contributed by atoms with Crippen LogP contribution in [0, 0.1) is 5.41 Å². The summed E-state index contributed by atoms with van der Waals surface area (Å²) in [5.74, 6) is 0.351. The number of rotatable bonds is 0. The van der Waals surface area contributed by atoms with Crippen LogP contribution in [-0.4, -0.2) is 5.78 Å². The molecular weight excluding hydrogens is 160 g/mol. The Morgan fingerprint density at radius 2 is 2.00 bits per heavy atom. The molecule has 1 heteroatoms. The zero-order chi connectivity index (χ0) is 8.60. The second-order valence-electron chi connectivity index (χ2n) is 4.40. The molecule has 0 aromatic heterocycles. The smallest absolute Gasteiger partial charge is 0.155 e. The lowest BCUT2D eigenvalue weighted by atomic mass is 9.66. The summed E-state index contributed by atoms with van der Waals surface area (Å²) in [6.07, 6.45) is 8.89. The number of carbonyl (C=O) groups is 1. The predicted octanol–water partition coefficient (Wildman–Crippen LogP) is 3.49. The van der Waals surface area contributed by atoms with Crippen molar-refractivity contribution in [2.75, 3.05) is 0 Å². The van der Waals surface area contributed by atoms with Gasteiger partial charge in [0, 0.05) is 6.42 Å². The monoisotopic (exact) mass is 180 g/mol. The second kappa shape index (κ2) is 3.65. The molecule has 0 bridgehead atoms. The molecule has 2 rings (SSSR count). The first-order valence-corrected chi connectivity index (χ1v) is 4.95. The highest BCUT2D eigenvalue weighted by Crippen LogP contribution is 2.46. The topological polar surface area (TPSA) is 17.1 Å². The number of allylic oxidation sites excluding steroid dienone is 2. The number of carbonyl (C=O) groups excluding carboxylic acids is 1. The van der Waals surface area contributed by atoms with Crippen LogP contribution in [0.5, 0.6) is 0 Å². The maximum absolute atomic E-state index is 11.2. The van der Waals surface area contributed by atoms with Gasteiger partial charge >= 0.3 is 0 Å². The van der Waals surface area contributed by atoms with Crippen LogP contribution in [0.2, 0.25) is 0 Å². The van der Waals surface area contributed by atoms with E-state index in [0.29, 0.717) is 11.2 Å². The summed E-state index contributed by atoms with van der Waals surface area (Å²) in [6.45, 7) is 2.32. The van der Waals surface area contributed by atoms with Crippen LogP contribution in [0.4, 0.5) is 0 Å². The summed E-state index contributed by atoms with van der Waals surface area (Å²) in [5, 5.41) is 0. The molecule has 0 N–H and O–H groups in total. The highest BCUT2D eigenvalue weighted by Gasteiger charge is 2.34. The van der Waals surface area contributed by atoms with E-state index in [-0.39, 0.29) is 7.43 Å². The Kier molecular flexibility index (Phi) is 2.94. The van der Waals surface area contributed by atoms with Crippen molar-refractivity contribution in [1.82, 2.24) is 0 Å². The molecule has 1 fully saturated rings. The fourth-order valence-corrected chi connectivity index (χ4v) is 2.49. The largest absolute Gasteiger partial charge is 0.295 e. The maximum atomic E-state index is 11.2. The Hall–Kier alpha value is -0.590. The van der Waals surface area contributed by atoms with Gasteiger partial charge in [-0.05, 0) is 37.2 Å². The van der Waals surface area contributed by atoms with Crippen molar-refractivity contribution in [2.24, 2.45) is 5.41 Å². The SMILES string of the molecule is C.C[C@@]12CCCCC1=CC(=O)CC2. The van der Waals surface area contributed by atoms with E-state index in [1.165, 1.54) is 31.3 Å². The Labute approximate surface area is 81.2 Å². The van der Waals surface area contributed by atoms with Crippen LogP contribution >= 0.6 is 0 Å². The van der Waals surface area contributed by atoms with Gasteiger partial charge in [0.1, 0.15) is 0 Å². The lowest BCUT2D eigenvalue weighted by molar-refractivity contribution is -0.115. The average molecular weight is 180 g/mol. The molecule has 1 nitrogen and oxygen atoms in total. The third-order valence-corrected chi connectivity index (χ3v) is 3.46. The lowest BCUT2D eigenvalue weighted by Crippen LogP contribution is -2.28. The molecule has 2 aliphatic carbocycles. The Bertz CT molecular complexity index is 240. The van der Waals surface area contributed by atoms with Crippen LogP contribution in [-0.2, 0) is 4.79 Å². The maximum Gasteiger partial charge on any atom is 0.155 e. The fraction of sp³-hybridized carbons (Fsp3) is 0.750. The summed E-state index contributed by atoms with van der Waals surface area (Å²) < 4.78 is 0. The molecular formula is C12H20O. The van der Waals surface area contributed by atoms with Crippen molar-refractivity contribution in [1.29, 1.82) is 0 Å². The van der Waals surface area contributed by atoms with Crippen molar-refractivity contribution in [2.45, 2.75) is 52.9 Å². The van der Waals surface area contributed by atoms with Crippen LogP contribution < -0.4 is 0 Å². The first-order chi connectivity index (χ1) is 5.71. The summed E-state index contributed by atoms with van der Waals surface area (Å²) in [5.41, 5.74) is 1.83. The van der Waals surface area contributed by atoms with Gasteiger partial charge in [0.05, 0.1) is 0 Å². The quantitative estimate of drug-likeness (QED) is 0.557. The molecule has 0 spiro atoms. The van der Waals surface area contributed by atoms with E-state index in [1.807, 2.05) is 6.08 Å². The zero-order valence-electron chi connectivity index (χ0n) is 7.73. The van der Waals surface area contributed by atoms with Gasteiger partial charge in [-0.15, -0.1) is 0 Å². The average Bonchev–Trinajstić information content (AvgIpc) is 2.06. The molecule has 0 aromatic rings. The van der Waals surface area contributed by atoms with Crippen molar-refractivity contribution in [3.05, 3.63) is 11.6 Å². The van der Waals surface area contributed by atoms with Gasteiger partial charge in [-0.25, -0.2) is 0 Å². The van der Waals surface area contributed by atoms with Crippen molar-refractivity contribution in [3.8, 4) is 0 Å². The van der Waals surface area contributed by atoms with Gasteiger partial charge in [0.15, 0.2) is 5.78 Å². The van der Waals surface area contributed by atoms with E-state index in [1.54, 1.807) is 0 Å². The number of ketones is 1. The Morgan fingerprint density at radius 3 is 2.77 bits per heavy atom. The van der Waals surface area contributed by atoms with Crippen LogP contribution in [0.15, 0.2) is 11.6 Å². The molecule has 0 amide bonds. The van der Waals surface area contributed by atoms with Crippen molar-refractivity contribution in [3.63, 3.8) is 0 Å².